The highest BCUT2D eigenvalue weighted by molar-refractivity contribution is 6.28. The van der Waals surface area contributed by atoms with Gasteiger partial charge in [0.15, 0.2) is 0 Å². The van der Waals surface area contributed by atoms with Gasteiger partial charge < -0.3 is 15.0 Å². The van der Waals surface area contributed by atoms with Gasteiger partial charge in [-0.3, -0.25) is 4.99 Å². The molecule has 1 aromatic heterocycles. The maximum atomic E-state index is 12.4. The topological polar surface area (TPSA) is 79.7 Å². The molecular formula is C20H22ClN5O2. The van der Waals surface area contributed by atoms with Crippen molar-refractivity contribution in [3.8, 4) is 0 Å². The lowest BCUT2D eigenvalue weighted by atomic mass is 10.1. The summed E-state index contributed by atoms with van der Waals surface area (Å²) in [5, 5.41) is 3.50. The van der Waals surface area contributed by atoms with Crippen LogP contribution in [0.5, 0.6) is 0 Å². The zero-order chi connectivity index (χ0) is 19.9. The molecule has 3 heterocycles. The molecular weight excluding hydrogens is 378 g/mol. The predicted octanol–water partition coefficient (Wildman–Crippen LogP) is 4.10. The fourth-order valence-corrected chi connectivity index (χ4v) is 3.49. The summed E-state index contributed by atoms with van der Waals surface area (Å²) in [4.78, 5) is 27.0. The number of aliphatic imine (C=N–C) groups is 1. The van der Waals surface area contributed by atoms with Crippen LogP contribution >= 0.6 is 11.6 Å². The Kier molecular flexibility index (Phi) is 4.71. The lowest BCUT2D eigenvalue weighted by molar-refractivity contribution is 0.0221. The number of anilines is 2. The molecule has 2 aliphatic rings. The normalized spacial score (nSPS) is 15.2. The summed E-state index contributed by atoms with van der Waals surface area (Å²) in [6.07, 6.45) is 2.16. The molecule has 0 atom stereocenters. The van der Waals surface area contributed by atoms with Crippen LogP contribution in [0.15, 0.2) is 23.2 Å². The quantitative estimate of drug-likeness (QED) is 0.769. The third-order valence-electron chi connectivity index (χ3n) is 4.59. The van der Waals surface area contributed by atoms with Crippen LogP contribution < -0.4 is 5.32 Å². The minimum Gasteiger partial charge on any atom is -0.444 e. The number of hydrogen-bond acceptors (Lipinski definition) is 6. The summed E-state index contributed by atoms with van der Waals surface area (Å²) in [6, 6.07) is 6.11. The van der Waals surface area contributed by atoms with Gasteiger partial charge in [0.25, 0.3) is 0 Å². The fraction of sp³-hybridized carbons (Fsp3) is 0.400. The first-order chi connectivity index (χ1) is 13.3. The third-order valence-corrected chi connectivity index (χ3v) is 4.76. The van der Waals surface area contributed by atoms with E-state index in [9.17, 15) is 4.79 Å². The summed E-state index contributed by atoms with van der Waals surface area (Å²) in [5.74, 6) is 0.675. The van der Waals surface area contributed by atoms with Crippen molar-refractivity contribution in [2.45, 2.75) is 45.9 Å². The number of nitrogens with zero attached hydrogens (tertiary/aromatic N) is 4. The second-order valence-corrected chi connectivity index (χ2v) is 8.26. The molecule has 0 unspecified atom stereocenters. The van der Waals surface area contributed by atoms with Crippen LogP contribution in [0.3, 0.4) is 0 Å². The van der Waals surface area contributed by atoms with Crippen molar-refractivity contribution in [3.63, 3.8) is 0 Å². The number of benzene rings is 1. The van der Waals surface area contributed by atoms with Gasteiger partial charge in [-0.25, -0.2) is 14.8 Å². The standard InChI is InChI=1S/C20H22ClN5O2/c1-20(2,3)28-19(27)26-7-6-15-16(11-26)24-18(21)25-17(15)23-14-5-4-12-9-22-10-13(12)8-14/h4-5,8,10H,6-7,9,11H2,1-3H3,(H,23,24,25). The van der Waals surface area contributed by atoms with E-state index in [0.717, 1.165) is 29.1 Å². The summed E-state index contributed by atoms with van der Waals surface area (Å²) in [6.45, 7) is 7.17. The van der Waals surface area contributed by atoms with Gasteiger partial charge in [0.1, 0.15) is 11.4 Å². The maximum Gasteiger partial charge on any atom is 0.410 e. The Hall–Kier alpha value is -2.67. The Labute approximate surface area is 168 Å². The minimum atomic E-state index is -0.537. The Morgan fingerprint density at radius 1 is 1.29 bits per heavy atom. The Morgan fingerprint density at radius 3 is 2.89 bits per heavy atom. The maximum absolute atomic E-state index is 12.4. The van der Waals surface area contributed by atoms with Crippen LogP contribution in [0.2, 0.25) is 5.28 Å². The summed E-state index contributed by atoms with van der Waals surface area (Å²) in [7, 11) is 0. The van der Waals surface area contributed by atoms with Crippen LogP contribution in [0, 0.1) is 0 Å². The van der Waals surface area contributed by atoms with Crippen LogP contribution in [-0.2, 0) is 24.2 Å². The molecule has 7 nitrogen and oxygen atoms in total. The fourth-order valence-electron chi connectivity index (χ4n) is 3.30. The van der Waals surface area contributed by atoms with Crippen LogP contribution in [0.1, 0.15) is 43.2 Å². The molecule has 0 saturated carbocycles. The molecule has 2 aromatic rings. The molecule has 2 aliphatic heterocycles. The van der Waals surface area contributed by atoms with E-state index >= 15 is 0 Å². The SMILES string of the molecule is CC(C)(C)OC(=O)N1CCc2c(nc(Cl)nc2Nc2ccc3c(c2)C=NC3)C1. The number of fused-ring (bicyclic) bond motifs is 2. The monoisotopic (exact) mass is 399 g/mol. The summed E-state index contributed by atoms with van der Waals surface area (Å²) >= 11 is 6.16. The Bertz CT molecular complexity index is 968. The number of carbonyl (C=O) groups excluding carboxylic acids is 1. The molecule has 0 spiro atoms. The van der Waals surface area contributed by atoms with Crippen molar-refractivity contribution in [1.29, 1.82) is 0 Å². The van der Waals surface area contributed by atoms with E-state index in [0.29, 0.717) is 25.3 Å². The smallest absolute Gasteiger partial charge is 0.410 e. The second kappa shape index (κ2) is 7.05. The minimum absolute atomic E-state index is 0.148. The first-order valence-electron chi connectivity index (χ1n) is 9.21. The van der Waals surface area contributed by atoms with Crippen LogP contribution in [-0.4, -0.2) is 39.3 Å². The third kappa shape index (κ3) is 3.94. The molecule has 1 aromatic carbocycles. The van der Waals surface area contributed by atoms with E-state index in [1.807, 2.05) is 39.1 Å². The molecule has 0 bridgehead atoms. The van der Waals surface area contributed by atoms with E-state index in [1.54, 1.807) is 4.90 Å². The van der Waals surface area contributed by atoms with E-state index < -0.39 is 5.60 Å². The highest BCUT2D eigenvalue weighted by Gasteiger charge is 2.28. The first-order valence-corrected chi connectivity index (χ1v) is 9.59. The van der Waals surface area contributed by atoms with Crippen LogP contribution in [0.4, 0.5) is 16.3 Å². The van der Waals surface area contributed by atoms with Gasteiger partial charge in [-0.05, 0) is 62.1 Å². The number of carbonyl (C=O) groups is 1. The molecule has 0 saturated heterocycles. The zero-order valence-electron chi connectivity index (χ0n) is 16.1. The van der Waals surface area contributed by atoms with Gasteiger partial charge in [-0.15, -0.1) is 0 Å². The highest BCUT2D eigenvalue weighted by atomic mass is 35.5. The van der Waals surface area contributed by atoms with Crippen molar-refractivity contribution in [3.05, 3.63) is 45.9 Å². The van der Waals surface area contributed by atoms with Gasteiger partial charge in [-0.1, -0.05) is 6.07 Å². The number of halogens is 1. The number of amides is 1. The van der Waals surface area contributed by atoms with Gasteiger partial charge >= 0.3 is 6.09 Å². The number of hydrogen-bond donors (Lipinski definition) is 1. The number of rotatable bonds is 2. The van der Waals surface area contributed by atoms with E-state index in [1.165, 1.54) is 5.56 Å². The van der Waals surface area contributed by atoms with Gasteiger partial charge in [0, 0.05) is 24.0 Å². The average molecular weight is 400 g/mol. The zero-order valence-corrected chi connectivity index (χ0v) is 16.9. The van der Waals surface area contributed by atoms with E-state index in [2.05, 4.69) is 26.3 Å². The second-order valence-electron chi connectivity index (χ2n) is 7.93. The van der Waals surface area contributed by atoms with Crippen molar-refractivity contribution < 1.29 is 9.53 Å². The van der Waals surface area contributed by atoms with Crippen molar-refractivity contribution in [2.24, 2.45) is 4.99 Å². The lowest BCUT2D eigenvalue weighted by Gasteiger charge is -2.31. The first kappa shape index (κ1) is 18.7. The number of ether oxygens (including phenoxy) is 1. The summed E-state index contributed by atoms with van der Waals surface area (Å²) in [5.41, 5.74) is 4.40. The number of aromatic nitrogens is 2. The molecule has 0 radical (unpaired) electrons. The van der Waals surface area contributed by atoms with Crippen LogP contribution in [0.25, 0.3) is 0 Å². The van der Waals surface area contributed by atoms with Crippen molar-refractivity contribution in [1.82, 2.24) is 14.9 Å². The van der Waals surface area contributed by atoms with Gasteiger partial charge in [0.05, 0.1) is 18.8 Å². The van der Waals surface area contributed by atoms with Crippen molar-refractivity contribution >= 4 is 35.4 Å². The number of nitrogens with one attached hydrogen (secondary N) is 1. The van der Waals surface area contributed by atoms with E-state index in [4.69, 9.17) is 16.3 Å². The summed E-state index contributed by atoms with van der Waals surface area (Å²) < 4.78 is 5.47. The average Bonchev–Trinajstić information content (AvgIpc) is 3.07. The van der Waals surface area contributed by atoms with Crippen molar-refractivity contribution in [2.75, 3.05) is 11.9 Å². The molecule has 0 fully saturated rings. The van der Waals surface area contributed by atoms with E-state index in [-0.39, 0.29) is 11.4 Å². The largest absolute Gasteiger partial charge is 0.444 e. The molecule has 146 valence electrons. The Morgan fingerprint density at radius 2 is 2.11 bits per heavy atom. The molecule has 28 heavy (non-hydrogen) atoms. The van der Waals surface area contributed by atoms with Gasteiger partial charge in [0.2, 0.25) is 5.28 Å². The molecule has 1 amide bonds. The molecule has 8 heteroatoms. The molecule has 4 rings (SSSR count). The molecule has 1 N–H and O–H groups in total. The van der Waals surface area contributed by atoms with Gasteiger partial charge in [-0.2, -0.15) is 0 Å². The lowest BCUT2D eigenvalue weighted by Crippen LogP contribution is -2.40. The Balaban J connectivity index is 1.57. The molecule has 0 aliphatic carbocycles. The highest BCUT2D eigenvalue weighted by Crippen LogP contribution is 2.29. The predicted molar refractivity (Wildman–Crippen MR) is 108 cm³/mol.